The van der Waals surface area contributed by atoms with E-state index < -0.39 is 0 Å². The molecule has 0 amide bonds. The van der Waals surface area contributed by atoms with Crippen molar-refractivity contribution in [1.82, 2.24) is 25.1 Å². The third-order valence-electron chi connectivity index (χ3n) is 1.67. The fraction of sp³-hybridized carbons (Fsp3) is 0.143. The lowest BCUT2D eigenvalue weighted by Crippen LogP contribution is -2.02. The van der Waals surface area contributed by atoms with Crippen molar-refractivity contribution >= 4 is 28.4 Å². The van der Waals surface area contributed by atoms with E-state index in [4.69, 9.17) is 5.73 Å². The fourth-order valence-electron chi connectivity index (χ4n) is 1.00. The molecule has 0 bridgehead atoms. The molecule has 2 aromatic heterocycles. The number of nitrogens with zero attached hydrogens (tertiary/aromatic N) is 4. The van der Waals surface area contributed by atoms with E-state index >= 15 is 0 Å². The molecule has 0 fully saturated rings. The van der Waals surface area contributed by atoms with Gasteiger partial charge in [-0.05, 0) is 29.5 Å². The molecule has 2 aromatic rings. The number of aromatic amines is 1. The lowest BCUT2D eigenvalue weighted by molar-refractivity contribution is 1.04. The molecular formula is C7H7IN6. The van der Waals surface area contributed by atoms with Gasteiger partial charge in [0.25, 0.3) is 0 Å². The largest absolute Gasteiger partial charge is 0.383 e. The van der Waals surface area contributed by atoms with Crippen LogP contribution in [0.2, 0.25) is 0 Å². The van der Waals surface area contributed by atoms with E-state index in [-0.39, 0.29) is 0 Å². The van der Waals surface area contributed by atoms with Crippen LogP contribution in [0, 0.1) is 10.5 Å². The number of anilines is 1. The molecule has 0 unspecified atom stereocenters. The molecule has 72 valence electrons. The molecule has 0 aliphatic carbocycles. The van der Waals surface area contributed by atoms with Gasteiger partial charge in [0.05, 0.1) is 9.26 Å². The van der Waals surface area contributed by atoms with Gasteiger partial charge in [0.2, 0.25) is 0 Å². The van der Waals surface area contributed by atoms with E-state index in [2.05, 4.69) is 47.7 Å². The van der Waals surface area contributed by atoms with E-state index in [1.165, 1.54) is 6.33 Å². The molecule has 2 rings (SSSR count). The van der Waals surface area contributed by atoms with E-state index in [0.29, 0.717) is 17.5 Å². The summed E-state index contributed by atoms with van der Waals surface area (Å²) in [6.45, 7) is 1.87. The Morgan fingerprint density at radius 3 is 2.79 bits per heavy atom. The minimum atomic E-state index is 0.463. The van der Waals surface area contributed by atoms with E-state index in [1.807, 2.05) is 6.92 Å². The Labute approximate surface area is 93.5 Å². The molecule has 2 heterocycles. The Hall–Kier alpha value is -1.25. The predicted molar refractivity (Wildman–Crippen MR) is 59.3 cm³/mol. The van der Waals surface area contributed by atoms with Crippen LogP contribution in [0.4, 0.5) is 5.82 Å². The lowest BCUT2D eigenvalue weighted by Gasteiger charge is -2.02. The second-order valence-corrected chi connectivity index (χ2v) is 3.74. The summed E-state index contributed by atoms with van der Waals surface area (Å²) in [5.41, 5.74) is 6.54. The average molecular weight is 302 g/mol. The van der Waals surface area contributed by atoms with Crippen LogP contribution in [0.25, 0.3) is 11.6 Å². The quantitative estimate of drug-likeness (QED) is 0.758. The van der Waals surface area contributed by atoms with Crippen LogP contribution in [-0.2, 0) is 0 Å². The number of hydrogen-bond acceptors (Lipinski definition) is 5. The highest BCUT2D eigenvalue weighted by Crippen LogP contribution is 2.18. The van der Waals surface area contributed by atoms with Crippen molar-refractivity contribution in [2.24, 2.45) is 0 Å². The maximum atomic E-state index is 5.71. The number of nitrogens with two attached hydrogens (primary N) is 1. The molecule has 0 radical (unpaired) electrons. The Kier molecular flexibility index (Phi) is 2.32. The summed E-state index contributed by atoms with van der Waals surface area (Å²) in [5.74, 6) is 1.46. The SMILES string of the molecule is Cc1nc(-c2ncn[nH]2)nc(N)c1I. The maximum absolute atomic E-state index is 5.71. The van der Waals surface area contributed by atoms with Crippen LogP contribution >= 0.6 is 22.6 Å². The summed E-state index contributed by atoms with van der Waals surface area (Å²) in [4.78, 5) is 12.3. The number of nitrogen functional groups attached to an aromatic ring is 1. The number of halogens is 1. The first-order valence-electron chi connectivity index (χ1n) is 3.84. The predicted octanol–water partition coefficient (Wildman–Crippen LogP) is 0.757. The summed E-state index contributed by atoms with van der Waals surface area (Å²) < 4.78 is 0.867. The summed E-state index contributed by atoms with van der Waals surface area (Å²) in [5, 5.41) is 6.40. The number of hydrogen-bond donors (Lipinski definition) is 2. The molecule has 3 N–H and O–H groups in total. The molecule has 7 heteroatoms. The van der Waals surface area contributed by atoms with Crippen molar-refractivity contribution in [3.63, 3.8) is 0 Å². The molecule has 0 saturated heterocycles. The third kappa shape index (κ3) is 1.54. The Morgan fingerprint density at radius 1 is 1.43 bits per heavy atom. The van der Waals surface area contributed by atoms with Crippen molar-refractivity contribution in [3.05, 3.63) is 15.6 Å². The third-order valence-corrected chi connectivity index (χ3v) is 3.00. The van der Waals surface area contributed by atoms with E-state index in [0.717, 1.165) is 9.26 Å². The molecule has 0 aromatic carbocycles. The highest BCUT2D eigenvalue weighted by atomic mass is 127. The number of aryl methyl sites for hydroxylation is 1. The summed E-state index contributed by atoms with van der Waals surface area (Å²) in [6, 6.07) is 0. The average Bonchev–Trinajstić information content (AvgIpc) is 2.66. The number of aromatic nitrogens is 5. The first-order chi connectivity index (χ1) is 6.68. The minimum absolute atomic E-state index is 0.463. The molecule has 0 saturated carbocycles. The van der Waals surface area contributed by atoms with Gasteiger partial charge in [-0.1, -0.05) is 0 Å². The molecule has 0 atom stereocenters. The summed E-state index contributed by atoms with van der Waals surface area (Å²) in [6.07, 6.45) is 1.40. The summed E-state index contributed by atoms with van der Waals surface area (Å²) in [7, 11) is 0. The number of nitrogens with one attached hydrogen (secondary N) is 1. The Morgan fingerprint density at radius 2 is 2.21 bits per heavy atom. The fourth-order valence-corrected chi connectivity index (χ4v) is 1.24. The van der Waals surface area contributed by atoms with Crippen LogP contribution in [-0.4, -0.2) is 25.1 Å². The van der Waals surface area contributed by atoms with Gasteiger partial charge in [0, 0.05) is 0 Å². The van der Waals surface area contributed by atoms with Gasteiger partial charge >= 0.3 is 0 Å². The first kappa shape index (κ1) is 9.31. The van der Waals surface area contributed by atoms with E-state index in [9.17, 15) is 0 Å². The zero-order chi connectivity index (χ0) is 10.1. The van der Waals surface area contributed by atoms with Gasteiger partial charge in [0.15, 0.2) is 11.6 Å². The normalized spacial score (nSPS) is 10.4. The Bertz CT molecular complexity index is 428. The Balaban J connectivity index is 2.57. The highest BCUT2D eigenvalue weighted by molar-refractivity contribution is 14.1. The first-order valence-corrected chi connectivity index (χ1v) is 4.91. The number of rotatable bonds is 1. The van der Waals surface area contributed by atoms with Crippen molar-refractivity contribution in [3.8, 4) is 11.6 Å². The van der Waals surface area contributed by atoms with Gasteiger partial charge < -0.3 is 5.73 Å². The zero-order valence-corrected chi connectivity index (χ0v) is 9.48. The van der Waals surface area contributed by atoms with Crippen LogP contribution in [0.5, 0.6) is 0 Å². The van der Waals surface area contributed by atoms with Gasteiger partial charge in [-0.2, -0.15) is 5.10 Å². The standard InChI is InChI=1S/C7H7IN6/c1-3-4(8)5(9)13-7(12-3)6-10-2-11-14-6/h2H,1H3,(H2,9,12,13)(H,10,11,14). The van der Waals surface area contributed by atoms with Crippen molar-refractivity contribution in [2.45, 2.75) is 6.92 Å². The van der Waals surface area contributed by atoms with Crippen LogP contribution in [0.3, 0.4) is 0 Å². The lowest BCUT2D eigenvalue weighted by atomic mass is 10.4. The van der Waals surface area contributed by atoms with Crippen molar-refractivity contribution in [1.29, 1.82) is 0 Å². The van der Waals surface area contributed by atoms with Gasteiger partial charge in [-0.3, -0.25) is 5.10 Å². The highest BCUT2D eigenvalue weighted by Gasteiger charge is 2.09. The molecular weight excluding hydrogens is 295 g/mol. The minimum Gasteiger partial charge on any atom is -0.383 e. The van der Waals surface area contributed by atoms with Crippen LogP contribution in [0.15, 0.2) is 6.33 Å². The summed E-state index contributed by atoms with van der Waals surface area (Å²) >= 11 is 2.11. The van der Waals surface area contributed by atoms with Gasteiger partial charge in [-0.25, -0.2) is 15.0 Å². The second-order valence-electron chi connectivity index (χ2n) is 2.67. The monoisotopic (exact) mass is 302 g/mol. The molecule has 6 nitrogen and oxygen atoms in total. The van der Waals surface area contributed by atoms with Crippen LogP contribution < -0.4 is 5.73 Å². The topological polar surface area (TPSA) is 93.4 Å². The van der Waals surface area contributed by atoms with Crippen molar-refractivity contribution in [2.75, 3.05) is 5.73 Å². The van der Waals surface area contributed by atoms with E-state index in [1.54, 1.807) is 0 Å². The molecule has 0 aliphatic rings. The molecule has 0 aliphatic heterocycles. The van der Waals surface area contributed by atoms with Crippen LogP contribution in [0.1, 0.15) is 5.69 Å². The molecule has 14 heavy (non-hydrogen) atoms. The van der Waals surface area contributed by atoms with Crippen molar-refractivity contribution < 1.29 is 0 Å². The molecule has 0 spiro atoms. The maximum Gasteiger partial charge on any atom is 0.199 e. The second kappa shape index (κ2) is 3.48. The smallest absolute Gasteiger partial charge is 0.199 e. The number of H-pyrrole nitrogens is 1. The van der Waals surface area contributed by atoms with Gasteiger partial charge in [-0.15, -0.1) is 0 Å². The van der Waals surface area contributed by atoms with Gasteiger partial charge in [0.1, 0.15) is 12.1 Å². The zero-order valence-electron chi connectivity index (χ0n) is 7.32.